The molecule has 0 aliphatic heterocycles. The third-order valence-electron chi connectivity index (χ3n) is 3.89. The summed E-state index contributed by atoms with van der Waals surface area (Å²) in [5.74, 6) is 1.89. The van der Waals surface area contributed by atoms with E-state index in [4.69, 9.17) is 0 Å². The monoisotopic (exact) mass is 296 g/mol. The summed E-state index contributed by atoms with van der Waals surface area (Å²) in [5.41, 5.74) is 1.24. The van der Waals surface area contributed by atoms with Gasteiger partial charge in [-0.25, -0.2) is 4.98 Å². The van der Waals surface area contributed by atoms with Gasteiger partial charge < -0.3 is 4.90 Å². The van der Waals surface area contributed by atoms with Gasteiger partial charge in [-0.15, -0.1) is 0 Å². The van der Waals surface area contributed by atoms with Crippen molar-refractivity contribution in [3.05, 3.63) is 23.9 Å². The highest BCUT2D eigenvalue weighted by atomic mass is 79.9. The second kappa shape index (κ2) is 5.85. The van der Waals surface area contributed by atoms with E-state index in [1.807, 2.05) is 6.20 Å². The summed E-state index contributed by atoms with van der Waals surface area (Å²) in [6.45, 7) is 2.37. The number of aromatic nitrogens is 1. The van der Waals surface area contributed by atoms with Gasteiger partial charge in [0.25, 0.3) is 0 Å². The van der Waals surface area contributed by atoms with Gasteiger partial charge in [0.2, 0.25) is 0 Å². The van der Waals surface area contributed by atoms with E-state index < -0.39 is 0 Å². The number of anilines is 1. The van der Waals surface area contributed by atoms with Gasteiger partial charge in [0.15, 0.2) is 0 Å². The van der Waals surface area contributed by atoms with Crippen LogP contribution in [-0.2, 0) is 5.33 Å². The van der Waals surface area contributed by atoms with Gasteiger partial charge in [-0.05, 0) is 30.4 Å². The molecule has 0 saturated heterocycles. The number of hydrogen-bond donors (Lipinski definition) is 0. The predicted octanol–water partition coefficient (Wildman–Crippen LogP) is 3.99. The first kappa shape index (κ1) is 12.9. The lowest BCUT2D eigenvalue weighted by atomic mass is 9.85. The second-order valence-electron chi connectivity index (χ2n) is 5.10. The molecule has 0 spiro atoms. The Bertz CT molecular complexity index is 350. The van der Waals surface area contributed by atoms with E-state index in [1.165, 1.54) is 31.2 Å². The maximum absolute atomic E-state index is 4.56. The maximum atomic E-state index is 4.56. The Hall–Kier alpha value is -0.570. The molecular weight excluding hydrogens is 276 g/mol. The van der Waals surface area contributed by atoms with Crippen LogP contribution < -0.4 is 4.90 Å². The molecule has 0 bridgehead atoms. The molecule has 94 valence electrons. The van der Waals surface area contributed by atoms with Crippen molar-refractivity contribution in [2.45, 2.75) is 44.0 Å². The van der Waals surface area contributed by atoms with Crippen molar-refractivity contribution in [1.82, 2.24) is 4.98 Å². The number of pyridine rings is 1. The lowest BCUT2D eigenvalue weighted by molar-refractivity contribution is 0.320. The molecule has 2 atom stereocenters. The molecule has 17 heavy (non-hydrogen) atoms. The minimum Gasteiger partial charge on any atom is -0.356 e. The van der Waals surface area contributed by atoms with Crippen molar-refractivity contribution >= 4 is 21.7 Å². The largest absolute Gasteiger partial charge is 0.356 e. The first-order valence-corrected chi connectivity index (χ1v) is 7.58. The van der Waals surface area contributed by atoms with Crippen LogP contribution in [0.4, 0.5) is 5.82 Å². The van der Waals surface area contributed by atoms with Crippen LogP contribution in [0, 0.1) is 5.92 Å². The van der Waals surface area contributed by atoms with Gasteiger partial charge >= 0.3 is 0 Å². The van der Waals surface area contributed by atoms with Gasteiger partial charge in [0.1, 0.15) is 5.82 Å². The lowest BCUT2D eigenvalue weighted by Crippen LogP contribution is -2.39. The SMILES string of the molecule is CC1CCCCC1N(C)c1ccc(CBr)cn1. The Labute approximate surface area is 113 Å². The first-order chi connectivity index (χ1) is 8.22. The lowest BCUT2D eigenvalue weighted by Gasteiger charge is -2.37. The predicted molar refractivity (Wildman–Crippen MR) is 76.7 cm³/mol. The molecule has 1 heterocycles. The van der Waals surface area contributed by atoms with Crippen LogP contribution in [0.3, 0.4) is 0 Å². The standard InChI is InChI=1S/C14H21BrN2/c1-11-5-3-4-6-13(11)17(2)14-8-7-12(9-15)10-16-14/h7-8,10-11,13H,3-6,9H2,1-2H3. The number of halogens is 1. The van der Waals surface area contributed by atoms with Crippen molar-refractivity contribution in [1.29, 1.82) is 0 Å². The molecular formula is C14H21BrN2. The minimum atomic E-state index is 0.658. The summed E-state index contributed by atoms with van der Waals surface area (Å²) in [4.78, 5) is 6.92. The molecule has 0 aromatic carbocycles. The first-order valence-electron chi connectivity index (χ1n) is 6.46. The van der Waals surface area contributed by atoms with Crippen molar-refractivity contribution in [2.24, 2.45) is 5.92 Å². The highest BCUT2D eigenvalue weighted by Crippen LogP contribution is 2.29. The maximum Gasteiger partial charge on any atom is 0.128 e. The fourth-order valence-corrected chi connectivity index (χ4v) is 3.08. The Morgan fingerprint density at radius 2 is 2.12 bits per heavy atom. The van der Waals surface area contributed by atoms with Gasteiger partial charge in [-0.2, -0.15) is 0 Å². The van der Waals surface area contributed by atoms with E-state index in [2.05, 4.69) is 51.9 Å². The van der Waals surface area contributed by atoms with Gasteiger partial charge in [0, 0.05) is 24.6 Å². The Kier molecular flexibility index (Phi) is 4.43. The fourth-order valence-electron chi connectivity index (χ4n) is 2.75. The van der Waals surface area contributed by atoms with E-state index in [0.717, 1.165) is 17.1 Å². The van der Waals surface area contributed by atoms with Crippen LogP contribution in [0.15, 0.2) is 18.3 Å². The summed E-state index contributed by atoms with van der Waals surface area (Å²) in [6, 6.07) is 4.95. The molecule has 2 nitrogen and oxygen atoms in total. The van der Waals surface area contributed by atoms with Crippen LogP contribution in [0.5, 0.6) is 0 Å². The van der Waals surface area contributed by atoms with Gasteiger partial charge in [-0.1, -0.05) is 41.8 Å². The number of hydrogen-bond acceptors (Lipinski definition) is 2. The minimum absolute atomic E-state index is 0.658. The van der Waals surface area contributed by atoms with E-state index >= 15 is 0 Å². The summed E-state index contributed by atoms with van der Waals surface area (Å²) >= 11 is 3.45. The molecule has 2 unspecified atom stereocenters. The molecule has 1 aliphatic rings. The Balaban J connectivity index is 2.09. The summed E-state index contributed by atoms with van der Waals surface area (Å²) in [7, 11) is 2.18. The molecule has 1 aromatic heterocycles. The Morgan fingerprint density at radius 1 is 1.35 bits per heavy atom. The molecule has 2 rings (SSSR count). The Morgan fingerprint density at radius 3 is 2.71 bits per heavy atom. The molecule has 0 N–H and O–H groups in total. The fraction of sp³-hybridized carbons (Fsp3) is 0.643. The van der Waals surface area contributed by atoms with Crippen molar-refractivity contribution in [3.8, 4) is 0 Å². The average molecular weight is 297 g/mol. The highest BCUT2D eigenvalue weighted by molar-refractivity contribution is 9.08. The topological polar surface area (TPSA) is 16.1 Å². The molecule has 1 aromatic rings. The molecule has 0 radical (unpaired) electrons. The van der Waals surface area contributed by atoms with E-state index in [1.54, 1.807) is 0 Å². The normalized spacial score (nSPS) is 24.6. The molecule has 0 amide bonds. The van der Waals surface area contributed by atoms with Crippen LogP contribution in [0.25, 0.3) is 0 Å². The number of rotatable bonds is 3. The number of nitrogens with zero attached hydrogens (tertiary/aromatic N) is 2. The summed E-state index contributed by atoms with van der Waals surface area (Å²) < 4.78 is 0. The average Bonchev–Trinajstić information content (AvgIpc) is 2.39. The third kappa shape index (κ3) is 3.01. The van der Waals surface area contributed by atoms with Gasteiger partial charge in [0.05, 0.1) is 0 Å². The quantitative estimate of drug-likeness (QED) is 0.784. The van der Waals surface area contributed by atoms with Crippen molar-refractivity contribution < 1.29 is 0 Å². The third-order valence-corrected chi connectivity index (χ3v) is 4.54. The van der Waals surface area contributed by atoms with E-state index in [0.29, 0.717) is 6.04 Å². The smallest absolute Gasteiger partial charge is 0.128 e. The van der Waals surface area contributed by atoms with Crippen LogP contribution in [-0.4, -0.2) is 18.1 Å². The van der Waals surface area contributed by atoms with Crippen LogP contribution in [0.2, 0.25) is 0 Å². The van der Waals surface area contributed by atoms with Crippen molar-refractivity contribution in [2.75, 3.05) is 11.9 Å². The molecule has 1 fully saturated rings. The van der Waals surface area contributed by atoms with Crippen LogP contribution in [0.1, 0.15) is 38.2 Å². The molecule has 1 aliphatic carbocycles. The zero-order chi connectivity index (χ0) is 12.3. The van der Waals surface area contributed by atoms with E-state index in [-0.39, 0.29) is 0 Å². The summed E-state index contributed by atoms with van der Waals surface area (Å²) in [5, 5.41) is 0.879. The van der Waals surface area contributed by atoms with Gasteiger partial charge in [-0.3, -0.25) is 0 Å². The second-order valence-corrected chi connectivity index (χ2v) is 5.66. The molecule has 1 saturated carbocycles. The highest BCUT2D eigenvalue weighted by Gasteiger charge is 2.25. The zero-order valence-electron chi connectivity index (χ0n) is 10.7. The zero-order valence-corrected chi connectivity index (χ0v) is 12.3. The number of alkyl halides is 1. The van der Waals surface area contributed by atoms with Crippen molar-refractivity contribution in [3.63, 3.8) is 0 Å². The molecule has 3 heteroatoms. The summed E-state index contributed by atoms with van der Waals surface area (Å²) in [6.07, 6.45) is 7.38. The van der Waals surface area contributed by atoms with E-state index in [9.17, 15) is 0 Å². The van der Waals surface area contributed by atoms with Crippen LogP contribution >= 0.6 is 15.9 Å².